The average molecular weight is 182 g/mol. The van der Waals surface area contributed by atoms with Crippen molar-refractivity contribution < 1.29 is 4.74 Å². The second kappa shape index (κ2) is 3.73. The monoisotopic (exact) mass is 182 g/mol. The number of hydrogen-bond acceptors (Lipinski definition) is 3. The summed E-state index contributed by atoms with van der Waals surface area (Å²) < 4.78 is 5.36. The maximum atomic E-state index is 5.36. The second-order valence-corrected chi connectivity index (χ2v) is 3.25. The Morgan fingerprint density at radius 3 is 2.46 bits per heavy atom. The zero-order chi connectivity index (χ0) is 10.0. The number of nitrogens with zero attached hydrogens (tertiary/aromatic N) is 1. The lowest BCUT2D eigenvalue weighted by atomic mass is 10.1. The third-order valence-corrected chi connectivity index (χ3v) is 2.45. The Kier molecular flexibility index (Phi) is 2.86. The van der Waals surface area contributed by atoms with Crippen LogP contribution in [0.1, 0.15) is 27.2 Å². The van der Waals surface area contributed by atoms with E-state index < -0.39 is 0 Å². The lowest BCUT2D eigenvalue weighted by Crippen LogP contribution is -2.36. The molecule has 0 aliphatic carbocycles. The fraction of sp³-hybridized carbons (Fsp3) is 0.600. The summed E-state index contributed by atoms with van der Waals surface area (Å²) in [6, 6.07) is 0. The summed E-state index contributed by atoms with van der Waals surface area (Å²) in [5.41, 5.74) is 6.81. The highest BCUT2D eigenvalue weighted by Crippen LogP contribution is 2.26. The van der Waals surface area contributed by atoms with Gasteiger partial charge >= 0.3 is 0 Å². The number of hydrazine groups is 1. The van der Waals surface area contributed by atoms with Gasteiger partial charge in [0, 0.05) is 18.3 Å². The molecule has 0 unspecified atom stereocenters. The average Bonchev–Trinajstić information content (AvgIpc) is 2.10. The third-order valence-electron chi connectivity index (χ3n) is 2.45. The van der Waals surface area contributed by atoms with E-state index in [0.717, 1.165) is 17.9 Å². The number of nitrogens with one attached hydrogen (secondary N) is 1. The van der Waals surface area contributed by atoms with Gasteiger partial charge in [-0.1, -0.05) is 6.92 Å². The fourth-order valence-corrected chi connectivity index (χ4v) is 1.67. The van der Waals surface area contributed by atoms with E-state index in [2.05, 4.69) is 19.3 Å². The molecule has 0 fully saturated rings. The van der Waals surface area contributed by atoms with Crippen LogP contribution in [0.4, 0.5) is 0 Å². The van der Waals surface area contributed by atoms with Gasteiger partial charge in [0.2, 0.25) is 0 Å². The molecule has 0 aromatic heterocycles. The van der Waals surface area contributed by atoms with Crippen molar-refractivity contribution in [3.05, 3.63) is 22.7 Å². The van der Waals surface area contributed by atoms with Crippen LogP contribution in [0.25, 0.3) is 0 Å². The van der Waals surface area contributed by atoms with E-state index in [1.54, 1.807) is 7.11 Å². The Morgan fingerprint density at radius 1 is 1.38 bits per heavy atom. The fourth-order valence-electron chi connectivity index (χ4n) is 1.67. The summed E-state index contributed by atoms with van der Waals surface area (Å²) >= 11 is 0. The first-order valence-electron chi connectivity index (χ1n) is 4.57. The van der Waals surface area contributed by atoms with Gasteiger partial charge in [0.15, 0.2) is 0 Å². The summed E-state index contributed by atoms with van der Waals surface area (Å²) in [5, 5.41) is 2.02. The molecule has 0 spiro atoms. The molecule has 0 saturated carbocycles. The van der Waals surface area contributed by atoms with Crippen LogP contribution in [0.2, 0.25) is 0 Å². The highest BCUT2D eigenvalue weighted by Gasteiger charge is 2.19. The topological polar surface area (TPSA) is 24.5 Å². The molecule has 1 N–H and O–H groups in total. The van der Waals surface area contributed by atoms with Gasteiger partial charge in [-0.2, -0.15) is 0 Å². The molecule has 1 heterocycles. The molecule has 0 radical (unpaired) electrons. The second-order valence-electron chi connectivity index (χ2n) is 3.25. The summed E-state index contributed by atoms with van der Waals surface area (Å²) in [5.74, 6) is 0.984. The Balaban J connectivity index is 3.11. The van der Waals surface area contributed by atoms with E-state index in [-0.39, 0.29) is 0 Å². The first kappa shape index (κ1) is 9.96. The van der Waals surface area contributed by atoms with Gasteiger partial charge in [-0.25, -0.2) is 0 Å². The maximum absolute atomic E-state index is 5.36. The third kappa shape index (κ3) is 1.64. The maximum Gasteiger partial charge on any atom is 0.144 e. The number of allylic oxidation sites excluding steroid dienone is 3. The van der Waals surface area contributed by atoms with Crippen LogP contribution in [0, 0.1) is 0 Å². The van der Waals surface area contributed by atoms with Crippen molar-refractivity contribution in [3.63, 3.8) is 0 Å². The van der Waals surface area contributed by atoms with Crippen molar-refractivity contribution >= 4 is 0 Å². The zero-order valence-corrected chi connectivity index (χ0v) is 9.06. The first-order valence-corrected chi connectivity index (χ1v) is 4.57. The van der Waals surface area contributed by atoms with E-state index >= 15 is 0 Å². The van der Waals surface area contributed by atoms with Crippen LogP contribution >= 0.6 is 0 Å². The molecule has 1 aliphatic rings. The molecule has 0 aromatic rings. The minimum Gasteiger partial charge on any atom is -0.495 e. The Morgan fingerprint density at radius 2 is 2.00 bits per heavy atom. The Labute approximate surface area is 80.0 Å². The summed E-state index contributed by atoms with van der Waals surface area (Å²) in [4.78, 5) is 0. The molecule has 13 heavy (non-hydrogen) atoms. The molecule has 0 aromatic carbocycles. The van der Waals surface area contributed by atoms with Crippen LogP contribution in [0.5, 0.6) is 0 Å². The minimum atomic E-state index is 0.984. The van der Waals surface area contributed by atoms with Gasteiger partial charge < -0.3 is 4.74 Å². The SMILES string of the molecule is CCC1=C(C)N(C)NC(C)=C1OC. The summed E-state index contributed by atoms with van der Waals surface area (Å²) in [6.07, 6.45) is 0.998. The van der Waals surface area contributed by atoms with Gasteiger partial charge in [0.1, 0.15) is 5.76 Å². The Bertz CT molecular complexity index is 266. The van der Waals surface area contributed by atoms with Crippen molar-refractivity contribution in [2.75, 3.05) is 14.2 Å². The minimum absolute atomic E-state index is 0.984. The van der Waals surface area contributed by atoms with Crippen molar-refractivity contribution in [2.24, 2.45) is 0 Å². The van der Waals surface area contributed by atoms with E-state index in [9.17, 15) is 0 Å². The zero-order valence-electron chi connectivity index (χ0n) is 9.06. The lowest BCUT2D eigenvalue weighted by Gasteiger charge is -2.31. The van der Waals surface area contributed by atoms with E-state index in [1.807, 2.05) is 19.0 Å². The molecule has 0 saturated heterocycles. The Hall–Kier alpha value is -1.12. The van der Waals surface area contributed by atoms with E-state index in [4.69, 9.17) is 4.74 Å². The van der Waals surface area contributed by atoms with Crippen molar-refractivity contribution in [1.82, 2.24) is 10.4 Å². The van der Waals surface area contributed by atoms with Crippen LogP contribution in [0.3, 0.4) is 0 Å². The van der Waals surface area contributed by atoms with Gasteiger partial charge in [-0.15, -0.1) is 0 Å². The number of rotatable bonds is 2. The first-order chi connectivity index (χ1) is 6.11. The predicted octanol–water partition coefficient (Wildman–Crippen LogP) is 2.00. The van der Waals surface area contributed by atoms with Crippen molar-refractivity contribution in [1.29, 1.82) is 0 Å². The molecule has 0 amide bonds. The van der Waals surface area contributed by atoms with Crippen molar-refractivity contribution in [2.45, 2.75) is 27.2 Å². The van der Waals surface area contributed by atoms with Crippen molar-refractivity contribution in [3.8, 4) is 0 Å². The molecule has 0 bridgehead atoms. The van der Waals surface area contributed by atoms with Crippen LogP contribution in [-0.4, -0.2) is 19.2 Å². The lowest BCUT2D eigenvalue weighted by molar-refractivity contribution is 0.248. The molecule has 3 nitrogen and oxygen atoms in total. The molecular formula is C10H18N2O. The van der Waals surface area contributed by atoms with E-state index in [1.165, 1.54) is 11.3 Å². The smallest absolute Gasteiger partial charge is 0.144 e. The van der Waals surface area contributed by atoms with Crippen LogP contribution in [0.15, 0.2) is 22.7 Å². The van der Waals surface area contributed by atoms with Crippen LogP contribution in [-0.2, 0) is 4.74 Å². The largest absolute Gasteiger partial charge is 0.495 e. The highest BCUT2D eigenvalue weighted by atomic mass is 16.5. The quantitative estimate of drug-likeness (QED) is 0.707. The molecule has 1 aliphatic heterocycles. The standard InChI is InChI=1S/C10H18N2O/c1-6-9-8(3)12(4)11-7(2)10(9)13-5/h11H,6H2,1-5H3. The number of hydrogen-bond donors (Lipinski definition) is 1. The van der Waals surface area contributed by atoms with Gasteiger partial charge in [0.25, 0.3) is 0 Å². The highest BCUT2D eigenvalue weighted by molar-refractivity contribution is 5.35. The molecule has 74 valence electrons. The normalized spacial score (nSPS) is 17.8. The summed E-state index contributed by atoms with van der Waals surface area (Å²) in [6.45, 7) is 6.26. The molecule has 3 heteroatoms. The predicted molar refractivity (Wildman–Crippen MR) is 53.6 cm³/mol. The van der Waals surface area contributed by atoms with Crippen LogP contribution < -0.4 is 5.43 Å². The molecular weight excluding hydrogens is 164 g/mol. The molecule has 0 atom stereocenters. The number of ether oxygens (including phenoxy) is 1. The van der Waals surface area contributed by atoms with Gasteiger partial charge in [-0.3, -0.25) is 10.4 Å². The summed E-state index contributed by atoms with van der Waals surface area (Å²) in [7, 11) is 3.73. The van der Waals surface area contributed by atoms with E-state index in [0.29, 0.717) is 0 Å². The van der Waals surface area contributed by atoms with Gasteiger partial charge in [-0.05, 0) is 20.3 Å². The van der Waals surface area contributed by atoms with Gasteiger partial charge in [0.05, 0.1) is 12.8 Å². The molecule has 1 rings (SSSR count). The number of methoxy groups -OCH3 is 1.